The molecule has 0 unspecified atom stereocenters. The summed E-state index contributed by atoms with van der Waals surface area (Å²) in [4.78, 5) is 2.18. The Bertz CT molecular complexity index is 363. The summed E-state index contributed by atoms with van der Waals surface area (Å²) >= 11 is 0. The summed E-state index contributed by atoms with van der Waals surface area (Å²) < 4.78 is 0. The van der Waals surface area contributed by atoms with Crippen molar-refractivity contribution in [2.75, 3.05) is 25.0 Å². The van der Waals surface area contributed by atoms with E-state index in [1.165, 1.54) is 0 Å². The molecule has 1 aromatic rings. The summed E-state index contributed by atoms with van der Waals surface area (Å²) in [5, 5.41) is 12.2. The van der Waals surface area contributed by atoms with Gasteiger partial charge in [0.1, 0.15) is 6.07 Å². The molecule has 0 atom stereocenters. The maximum Gasteiger partial charge on any atom is 0.101 e. The van der Waals surface area contributed by atoms with Crippen molar-refractivity contribution in [3.05, 3.63) is 29.8 Å². The first-order valence-electron chi connectivity index (χ1n) is 4.75. The number of nitrogens with one attached hydrogen (secondary N) is 1. The van der Waals surface area contributed by atoms with Gasteiger partial charge < -0.3 is 10.2 Å². The number of nitrogens with zero attached hydrogens (tertiary/aromatic N) is 2. The van der Waals surface area contributed by atoms with E-state index in [-0.39, 0.29) is 0 Å². The molecular formula is C11H13N3. The van der Waals surface area contributed by atoms with Gasteiger partial charge in [0.2, 0.25) is 0 Å². The Morgan fingerprint density at radius 2 is 2.14 bits per heavy atom. The normalized spacial score (nSPS) is 15.7. The largest absolute Gasteiger partial charge is 0.368 e. The van der Waals surface area contributed by atoms with Crippen molar-refractivity contribution in [3.63, 3.8) is 0 Å². The highest BCUT2D eigenvalue weighted by Crippen LogP contribution is 2.21. The first-order valence-corrected chi connectivity index (χ1v) is 4.75. The molecule has 0 aliphatic carbocycles. The number of hydrogen-bond donors (Lipinski definition) is 1. The highest BCUT2D eigenvalue weighted by atomic mass is 15.2. The molecule has 2 rings (SSSR count). The van der Waals surface area contributed by atoms with E-state index in [0.29, 0.717) is 6.04 Å². The SMILES string of the molecule is CN(c1ccccc1C#N)C1CNC1. The molecule has 0 aromatic heterocycles. The van der Waals surface area contributed by atoms with Crippen LogP contribution in [0.25, 0.3) is 0 Å². The van der Waals surface area contributed by atoms with E-state index in [2.05, 4.69) is 16.3 Å². The Kier molecular flexibility index (Phi) is 2.38. The maximum atomic E-state index is 8.95. The van der Waals surface area contributed by atoms with E-state index in [1.54, 1.807) is 0 Å². The maximum absolute atomic E-state index is 8.95. The smallest absolute Gasteiger partial charge is 0.101 e. The number of hydrogen-bond acceptors (Lipinski definition) is 3. The predicted molar refractivity (Wildman–Crippen MR) is 56.2 cm³/mol. The molecule has 0 bridgehead atoms. The van der Waals surface area contributed by atoms with Gasteiger partial charge in [-0.15, -0.1) is 0 Å². The molecule has 0 saturated carbocycles. The fourth-order valence-electron chi connectivity index (χ4n) is 1.62. The average molecular weight is 187 g/mol. The summed E-state index contributed by atoms with van der Waals surface area (Å²) in [5.74, 6) is 0. The third-order valence-electron chi connectivity index (χ3n) is 2.71. The summed E-state index contributed by atoms with van der Waals surface area (Å²) in [6.07, 6.45) is 0. The fourth-order valence-corrected chi connectivity index (χ4v) is 1.62. The minimum atomic E-state index is 0.532. The van der Waals surface area contributed by atoms with Crippen molar-refractivity contribution < 1.29 is 0 Å². The van der Waals surface area contributed by atoms with Crippen molar-refractivity contribution in [1.29, 1.82) is 5.26 Å². The molecule has 0 amide bonds. The molecule has 3 heteroatoms. The van der Waals surface area contributed by atoms with E-state index in [9.17, 15) is 0 Å². The van der Waals surface area contributed by atoms with Crippen LogP contribution in [0, 0.1) is 11.3 Å². The van der Waals surface area contributed by atoms with Crippen molar-refractivity contribution in [2.45, 2.75) is 6.04 Å². The van der Waals surface area contributed by atoms with Gasteiger partial charge in [-0.25, -0.2) is 0 Å². The van der Waals surface area contributed by atoms with Crippen molar-refractivity contribution in [2.24, 2.45) is 0 Å². The number of benzene rings is 1. The molecular weight excluding hydrogens is 174 g/mol. The minimum Gasteiger partial charge on any atom is -0.368 e. The van der Waals surface area contributed by atoms with Crippen LogP contribution >= 0.6 is 0 Å². The molecule has 0 spiro atoms. The van der Waals surface area contributed by atoms with Crippen LogP contribution in [0.15, 0.2) is 24.3 Å². The quantitative estimate of drug-likeness (QED) is 0.749. The van der Waals surface area contributed by atoms with Crippen LogP contribution in [0.2, 0.25) is 0 Å². The molecule has 1 N–H and O–H groups in total. The molecule has 0 radical (unpaired) electrons. The van der Waals surface area contributed by atoms with E-state index >= 15 is 0 Å². The Morgan fingerprint density at radius 1 is 1.43 bits per heavy atom. The molecule has 72 valence electrons. The highest BCUT2D eigenvalue weighted by molar-refractivity contribution is 5.59. The summed E-state index contributed by atoms with van der Waals surface area (Å²) in [6, 6.07) is 10.5. The zero-order chi connectivity index (χ0) is 9.97. The van der Waals surface area contributed by atoms with Crippen LogP contribution in [-0.2, 0) is 0 Å². The number of rotatable bonds is 2. The standard InChI is InChI=1S/C11H13N3/c1-14(10-7-13-8-10)11-5-3-2-4-9(11)6-12/h2-5,10,13H,7-8H2,1H3. The molecule has 3 nitrogen and oxygen atoms in total. The zero-order valence-corrected chi connectivity index (χ0v) is 8.20. The Balaban J connectivity index is 2.26. The van der Waals surface area contributed by atoms with Crippen molar-refractivity contribution in [1.82, 2.24) is 5.32 Å². The van der Waals surface area contributed by atoms with Crippen molar-refractivity contribution in [3.8, 4) is 6.07 Å². The monoisotopic (exact) mass is 187 g/mol. The molecule has 1 saturated heterocycles. The van der Waals surface area contributed by atoms with Crippen LogP contribution in [-0.4, -0.2) is 26.2 Å². The van der Waals surface area contributed by atoms with Crippen molar-refractivity contribution >= 4 is 5.69 Å². The first kappa shape index (κ1) is 9.04. The summed E-state index contributed by atoms with van der Waals surface area (Å²) in [6.45, 7) is 2.02. The molecule has 1 aliphatic heterocycles. The third-order valence-corrected chi connectivity index (χ3v) is 2.71. The van der Waals surface area contributed by atoms with Gasteiger partial charge in [-0.2, -0.15) is 5.26 Å². The molecule has 14 heavy (non-hydrogen) atoms. The van der Waals surface area contributed by atoms with Crippen LogP contribution < -0.4 is 10.2 Å². The van der Waals surface area contributed by atoms with Gasteiger partial charge >= 0.3 is 0 Å². The summed E-state index contributed by atoms with van der Waals surface area (Å²) in [5.41, 5.74) is 1.78. The first-order chi connectivity index (χ1) is 6.83. The van der Waals surface area contributed by atoms with E-state index in [4.69, 9.17) is 5.26 Å². The lowest BCUT2D eigenvalue weighted by Gasteiger charge is -2.37. The molecule has 1 fully saturated rings. The van der Waals surface area contributed by atoms with Crippen LogP contribution in [0.5, 0.6) is 0 Å². The van der Waals surface area contributed by atoms with Gasteiger partial charge in [0, 0.05) is 20.1 Å². The summed E-state index contributed by atoms with van der Waals surface area (Å²) in [7, 11) is 2.04. The lowest BCUT2D eigenvalue weighted by atomic mass is 10.1. The van der Waals surface area contributed by atoms with Crippen LogP contribution in [0.4, 0.5) is 5.69 Å². The molecule has 1 aromatic carbocycles. The molecule has 1 heterocycles. The van der Waals surface area contributed by atoms with Gasteiger partial charge in [-0.05, 0) is 12.1 Å². The van der Waals surface area contributed by atoms with Gasteiger partial charge in [-0.3, -0.25) is 0 Å². The average Bonchev–Trinajstić information content (AvgIpc) is 2.15. The van der Waals surface area contributed by atoms with E-state index < -0.39 is 0 Å². The topological polar surface area (TPSA) is 39.1 Å². The minimum absolute atomic E-state index is 0.532. The Morgan fingerprint density at radius 3 is 2.71 bits per heavy atom. The third kappa shape index (κ3) is 1.45. The second-order valence-corrected chi connectivity index (χ2v) is 3.55. The predicted octanol–water partition coefficient (Wildman–Crippen LogP) is 0.966. The van der Waals surface area contributed by atoms with E-state index in [0.717, 1.165) is 24.3 Å². The number of para-hydroxylation sites is 1. The lowest BCUT2D eigenvalue weighted by molar-refractivity contribution is 0.428. The van der Waals surface area contributed by atoms with Gasteiger partial charge in [0.15, 0.2) is 0 Å². The number of nitriles is 1. The second-order valence-electron chi connectivity index (χ2n) is 3.55. The van der Waals surface area contributed by atoms with Gasteiger partial charge in [0.05, 0.1) is 17.3 Å². The molecule has 1 aliphatic rings. The lowest BCUT2D eigenvalue weighted by Crippen LogP contribution is -2.56. The fraction of sp³-hybridized carbons (Fsp3) is 0.364. The van der Waals surface area contributed by atoms with Crippen LogP contribution in [0.3, 0.4) is 0 Å². The second kappa shape index (κ2) is 3.69. The van der Waals surface area contributed by atoms with Gasteiger partial charge in [-0.1, -0.05) is 12.1 Å². The number of anilines is 1. The Labute approximate surface area is 84.0 Å². The van der Waals surface area contributed by atoms with Gasteiger partial charge in [0.25, 0.3) is 0 Å². The highest BCUT2D eigenvalue weighted by Gasteiger charge is 2.22. The van der Waals surface area contributed by atoms with Crippen LogP contribution in [0.1, 0.15) is 5.56 Å². The number of likely N-dealkylation sites (N-methyl/N-ethyl adjacent to an activating group) is 1. The zero-order valence-electron chi connectivity index (χ0n) is 8.20. The Hall–Kier alpha value is -1.53. The van der Waals surface area contributed by atoms with E-state index in [1.807, 2.05) is 31.3 Å².